The molecule has 1 rings (SSSR count). The van der Waals surface area contributed by atoms with Crippen molar-refractivity contribution in [1.82, 2.24) is 5.32 Å². The van der Waals surface area contributed by atoms with Crippen LogP contribution in [0.5, 0.6) is 0 Å². The highest BCUT2D eigenvalue weighted by atomic mass is 16.2. The van der Waals surface area contributed by atoms with Gasteiger partial charge < -0.3 is 11.1 Å². The van der Waals surface area contributed by atoms with Gasteiger partial charge in [0.2, 0.25) is 0 Å². The molecule has 2 amide bonds. The number of rotatable bonds is 0. The Labute approximate surface area is 40.4 Å². The van der Waals surface area contributed by atoms with E-state index in [1.54, 1.807) is 0 Å². The van der Waals surface area contributed by atoms with Gasteiger partial charge in [0.05, 0.1) is 0 Å². The summed E-state index contributed by atoms with van der Waals surface area (Å²) < 4.78 is 0. The van der Waals surface area contributed by atoms with Crippen LogP contribution in [-0.2, 0) is 0 Å². The van der Waals surface area contributed by atoms with E-state index in [-0.39, 0.29) is 12.2 Å². The molecule has 0 aromatic carbocycles. The topological polar surface area (TPSA) is 67.5 Å². The maximum Gasteiger partial charge on any atom is 0.342 e. The molecule has 1 aliphatic rings. The molecule has 1 atom stereocenters. The molecular formula is C3H5N3O. The predicted molar refractivity (Wildman–Crippen MR) is 25.0 cm³/mol. The van der Waals surface area contributed by atoms with Gasteiger partial charge in [0.15, 0.2) is 0 Å². The third-order valence-electron chi connectivity index (χ3n) is 0.643. The van der Waals surface area contributed by atoms with Gasteiger partial charge in [-0.3, -0.25) is 0 Å². The number of hydrogen-bond donors (Lipinski definition) is 2. The highest BCUT2D eigenvalue weighted by Gasteiger charge is 2.08. The Morgan fingerprint density at radius 2 is 2.71 bits per heavy atom. The number of nitrogens with two attached hydrogens (primary N) is 1. The molecule has 0 saturated carbocycles. The van der Waals surface area contributed by atoms with Crippen molar-refractivity contribution in [1.29, 1.82) is 0 Å². The molecule has 0 aromatic rings. The summed E-state index contributed by atoms with van der Waals surface area (Å²) in [6.07, 6.45) is 0.995. The Morgan fingerprint density at radius 1 is 2.00 bits per heavy atom. The second-order valence-electron chi connectivity index (χ2n) is 1.25. The van der Waals surface area contributed by atoms with Crippen molar-refractivity contribution in [2.75, 3.05) is 0 Å². The lowest BCUT2D eigenvalue weighted by Gasteiger charge is -1.93. The summed E-state index contributed by atoms with van der Waals surface area (Å²) in [5.74, 6) is 0. The monoisotopic (exact) mass is 99.0 g/mol. The fraction of sp³-hybridized carbons (Fsp3) is 0.333. The number of carbonyl (C=O) groups is 1. The summed E-state index contributed by atoms with van der Waals surface area (Å²) in [6, 6.07) is -0.354. The second kappa shape index (κ2) is 1.31. The average molecular weight is 99.1 g/mol. The van der Waals surface area contributed by atoms with Gasteiger partial charge in [-0.1, -0.05) is 0 Å². The molecule has 4 nitrogen and oxygen atoms in total. The van der Waals surface area contributed by atoms with Gasteiger partial charge in [-0.2, -0.15) is 0 Å². The Hall–Kier alpha value is -0.900. The summed E-state index contributed by atoms with van der Waals surface area (Å²) in [5, 5.41) is 2.33. The van der Waals surface area contributed by atoms with Gasteiger partial charge >= 0.3 is 6.03 Å². The van der Waals surface area contributed by atoms with Crippen LogP contribution in [0.4, 0.5) is 4.79 Å². The second-order valence-corrected chi connectivity index (χ2v) is 1.25. The Kier molecular flexibility index (Phi) is 0.796. The zero-order valence-corrected chi connectivity index (χ0v) is 3.59. The van der Waals surface area contributed by atoms with Crippen LogP contribution in [-0.4, -0.2) is 18.4 Å². The SMILES string of the molecule is NC1C=NC(=O)N1. The number of nitrogens with zero attached hydrogens (tertiary/aromatic N) is 1. The minimum atomic E-state index is -0.368. The maximum absolute atomic E-state index is 10.1. The Balaban J connectivity index is 2.58. The molecule has 3 N–H and O–H groups in total. The first-order chi connectivity index (χ1) is 3.29. The molecule has 1 aliphatic heterocycles. The molecular weight excluding hydrogens is 94.1 g/mol. The fourth-order valence-electron chi connectivity index (χ4n) is 0.365. The first kappa shape index (κ1) is 4.26. The highest BCUT2D eigenvalue weighted by Crippen LogP contribution is 1.81. The van der Waals surface area contributed by atoms with Crippen LogP contribution in [0.25, 0.3) is 0 Å². The van der Waals surface area contributed by atoms with Gasteiger partial charge in [-0.25, -0.2) is 9.79 Å². The Morgan fingerprint density at radius 3 is 2.86 bits per heavy atom. The molecule has 4 heteroatoms. The van der Waals surface area contributed by atoms with E-state index in [2.05, 4.69) is 10.3 Å². The normalized spacial score (nSPS) is 28.1. The summed E-state index contributed by atoms with van der Waals surface area (Å²) in [5.41, 5.74) is 5.14. The lowest BCUT2D eigenvalue weighted by atomic mass is 10.6. The first-order valence-electron chi connectivity index (χ1n) is 1.89. The molecule has 38 valence electrons. The third kappa shape index (κ3) is 0.747. The molecule has 7 heavy (non-hydrogen) atoms. The van der Waals surface area contributed by atoms with Gasteiger partial charge in [-0.15, -0.1) is 0 Å². The average Bonchev–Trinajstić information content (AvgIpc) is 1.87. The van der Waals surface area contributed by atoms with E-state index in [1.807, 2.05) is 0 Å². The van der Waals surface area contributed by atoms with Crippen LogP contribution < -0.4 is 11.1 Å². The molecule has 1 heterocycles. The smallest absolute Gasteiger partial charge is 0.316 e. The predicted octanol–water partition coefficient (Wildman–Crippen LogP) is -0.935. The molecule has 0 spiro atoms. The highest BCUT2D eigenvalue weighted by molar-refractivity contribution is 5.92. The Bertz CT molecular complexity index is 119. The number of nitrogens with one attached hydrogen (secondary N) is 1. The first-order valence-corrected chi connectivity index (χ1v) is 1.89. The third-order valence-corrected chi connectivity index (χ3v) is 0.643. The minimum absolute atomic E-state index is 0.354. The van der Waals surface area contributed by atoms with Gasteiger partial charge in [0.25, 0.3) is 0 Å². The lowest BCUT2D eigenvalue weighted by molar-refractivity contribution is 0.250. The number of urea groups is 1. The van der Waals surface area contributed by atoms with Crippen molar-refractivity contribution >= 4 is 12.2 Å². The molecule has 0 bridgehead atoms. The van der Waals surface area contributed by atoms with Gasteiger partial charge in [-0.05, 0) is 0 Å². The standard InChI is InChI=1S/C3H5N3O/c4-2-1-5-3(7)6-2/h1-2H,4H2,(H,6,7). The van der Waals surface area contributed by atoms with E-state index in [1.165, 1.54) is 6.21 Å². The van der Waals surface area contributed by atoms with Crippen molar-refractivity contribution in [3.8, 4) is 0 Å². The summed E-state index contributed by atoms with van der Waals surface area (Å²) in [7, 11) is 0. The van der Waals surface area contributed by atoms with Crippen LogP contribution in [0, 0.1) is 0 Å². The molecule has 0 aliphatic carbocycles. The van der Waals surface area contributed by atoms with E-state index in [4.69, 9.17) is 5.73 Å². The number of carbonyl (C=O) groups excluding carboxylic acids is 1. The van der Waals surface area contributed by atoms with E-state index in [0.29, 0.717) is 0 Å². The van der Waals surface area contributed by atoms with Crippen molar-refractivity contribution in [3.05, 3.63) is 0 Å². The van der Waals surface area contributed by atoms with Crippen LogP contribution in [0.1, 0.15) is 0 Å². The summed E-state index contributed by atoms with van der Waals surface area (Å²) in [6.45, 7) is 0. The maximum atomic E-state index is 10.1. The zero-order chi connectivity index (χ0) is 5.28. The van der Waals surface area contributed by atoms with Crippen LogP contribution in [0.3, 0.4) is 0 Å². The number of aliphatic imine (C=N–C) groups is 1. The number of hydrogen-bond acceptors (Lipinski definition) is 2. The lowest BCUT2D eigenvalue weighted by Crippen LogP contribution is -2.35. The molecule has 0 saturated heterocycles. The van der Waals surface area contributed by atoms with E-state index in [0.717, 1.165) is 0 Å². The van der Waals surface area contributed by atoms with Crippen LogP contribution >= 0.6 is 0 Å². The molecule has 0 aromatic heterocycles. The fourth-order valence-corrected chi connectivity index (χ4v) is 0.365. The van der Waals surface area contributed by atoms with Gasteiger partial charge in [0.1, 0.15) is 6.17 Å². The van der Waals surface area contributed by atoms with E-state index < -0.39 is 0 Å². The molecule has 1 unspecified atom stereocenters. The summed E-state index contributed by atoms with van der Waals surface area (Å²) in [4.78, 5) is 13.4. The van der Waals surface area contributed by atoms with Crippen LogP contribution in [0.15, 0.2) is 4.99 Å². The molecule has 0 fully saturated rings. The van der Waals surface area contributed by atoms with Crippen molar-refractivity contribution in [3.63, 3.8) is 0 Å². The zero-order valence-electron chi connectivity index (χ0n) is 3.59. The van der Waals surface area contributed by atoms with Crippen molar-refractivity contribution in [2.24, 2.45) is 10.7 Å². The largest absolute Gasteiger partial charge is 0.342 e. The number of amides is 2. The summed E-state index contributed by atoms with van der Waals surface area (Å²) >= 11 is 0. The van der Waals surface area contributed by atoms with E-state index in [9.17, 15) is 4.79 Å². The van der Waals surface area contributed by atoms with Crippen molar-refractivity contribution in [2.45, 2.75) is 6.17 Å². The van der Waals surface area contributed by atoms with Crippen LogP contribution in [0.2, 0.25) is 0 Å². The minimum Gasteiger partial charge on any atom is -0.316 e. The quantitative estimate of drug-likeness (QED) is 0.411. The van der Waals surface area contributed by atoms with Gasteiger partial charge in [0, 0.05) is 6.21 Å². The van der Waals surface area contributed by atoms with E-state index >= 15 is 0 Å². The molecule has 0 radical (unpaired) electrons. The van der Waals surface area contributed by atoms with Crippen molar-refractivity contribution < 1.29 is 4.79 Å².